The van der Waals surface area contributed by atoms with Gasteiger partial charge in [0.15, 0.2) is 0 Å². The molecule has 1 fully saturated rings. The molecule has 0 atom stereocenters. The van der Waals surface area contributed by atoms with Gasteiger partial charge in [-0.2, -0.15) is 0 Å². The fraction of sp³-hybridized carbons (Fsp3) is 0.909. The lowest BCUT2D eigenvalue weighted by molar-refractivity contribution is 0.0527. The van der Waals surface area contributed by atoms with E-state index in [0.717, 1.165) is 26.1 Å². The van der Waals surface area contributed by atoms with E-state index in [2.05, 4.69) is 16.0 Å². The number of ether oxygens (including phenoxy) is 1. The molecule has 0 aromatic heterocycles. The van der Waals surface area contributed by atoms with Gasteiger partial charge in [0.2, 0.25) is 0 Å². The largest absolute Gasteiger partial charge is 0.444 e. The average molecular weight is 229 g/mol. The Hall–Kier alpha value is -0.810. The van der Waals surface area contributed by atoms with Crippen molar-refractivity contribution in [1.29, 1.82) is 0 Å². The van der Waals surface area contributed by atoms with Crippen molar-refractivity contribution in [2.45, 2.75) is 38.8 Å². The number of carbonyl (C=O) groups excluding carboxylic acids is 1. The van der Waals surface area contributed by atoms with Gasteiger partial charge in [-0.3, -0.25) is 0 Å². The van der Waals surface area contributed by atoms with Crippen LogP contribution in [0, 0.1) is 0 Å². The Kier molecular flexibility index (Phi) is 5.02. The molecule has 3 N–H and O–H groups in total. The fourth-order valence-electron chi connectivity index (χ4n) is 1.33. The molecule has 0 aromatic rings. The van der Waals surface area contributed by atoms with Gasteiger partial charge in [0.05, 0.1) is 0 Å². The summed E-state index contributed by atoms with van der Waals surface area (Å²) in [5.41, 5.74) is -0.417. The minimum atomic E-state index is -0.417. The molecule has 1 heterocycles. The van der Waals surface area contributed by atoms with Gasteiger partial charge in [0.25, 0.3) is 0 Å². The molecule has 1 aliphatic rings. The first-order chi connectivity index (χ1) is 7.47. The highest BCUT2D eigenvalue weighted by atomic mass is 16.6. The lowest BCUT2D eigenvalue weighted by atomic mass is 10.2. The van der Waals surface area contributed by atoms with Crippen molar-refractivity contribution >= 4 is 6.09 Å². The van der Waals surface area contributed by atoms with E-state index in [0.29, 0.717) is 12.6 Å². The van der Waals surface area contributed by atoms with E-state index in [1.807, 2.05) is 20.8 Å². The zero-order valence-electron chi connectivity index (χ0n) is 10.4. The fourth-order valence-corrected chi connectivity index (χ4v) is 1.33. The highest BCUT2D eigenvalue weighted by Gasteiger charge is 2.16. The zero-order chi connectivity index (χ0) is 12.0. The molecule has 0 aromatic carbocycles. The summed E-state index contributed by atoms with van der Waals surface area (Å²) in [6, 6.07) is 0.613. The molecule has 1 aliphatic heterocycles. The first kappa shape index (κ1) is 13.3. The average Bonchev–Trinajstić information content (AvgIpc) is 2.04. The van der Waals surface area contributed by atoms with Crippen molar-refractivity contribution in [2.75, 3.05) is 26.2 Å². The Morgan fingerprint density at radius 2 is 2.06 bits per heavy atom. The number of hydrogen-bond acceptors (Lipinski definition) is 4. The van der Waals surface area contributed by atoms with Gasteiger partial charge in [-0.15, -0.1) is 0 Å². The van der Waals surface area contributed by atoms with Crippen molar-refractivity contribution in [3.8, 4) is 0 Å². The van der Waals surface area contributed by atoms with E-state index < -0.39 is 5.60 Å². The van der Waals surface area contributed by atoms with Gasteiger partial charge in [-0.05, 0) is 33.7 Å². The van der Waals surface area contributed by atoms with E-state index >= 15 is 0 Å². The molecular formula is C11H23N3O2. The lowest BCUT2D eigenvalue weighted by Gasteiger charge is -2.28. The Morgan fingerprint density at radius 1 is 1.38 bits per heavy atom. The van der Waals surface area contributed by atoms with Gasteiger partial charge in [0, 0.05) is 25.7 Å². The monoisotopic (exact) mass is 229 g/mol. The molecular weight excluding hydrogens is 206 g/mol. The van der Waals surface area contributed by atoms with Crippen LogP contribution in [0.4, 0.5) is 4.79 Å². The van der Waals surface area contributed by atoms with Gasteiger partial charge < -0.3 is 20.7 Å². The van der Waals surface area contributed by atoms with Gasteiger partial charge >= 0.3 is 6.09 Å². The minimum Gasteiger partial charge on any atom is -0.444 e. The molecule has 1 saturated heterocycles. The lowest BCUT2D eigenvalue weighted by Crippen LogP contribution is -2.55. The van der Waals surface area contributed by atoms with Crippen molar-refractivity contribution < 1.29 is 9.53 Å². The van der Waals surface area contributed by atoms with E-state index in [4.69, 9.17) is 4.74 Å². The smallest absolute Gasteiger partial charge is 0.407 e. The number of hydrogen-bond donors (Lipinski definition) is 3. The van der Waals surface area contributed by atoms with Crippen LogP contribution < -0.4 is 16.0 Å². The minimum absolute atomic E-state index is 0.335. The van der Waals surface area contributed by atoms with Crippen LogP contribution in [0.2, 0.25) is 0 Å². The predicted octanol–water partition coefficient (Wildman–Crippen LogP) is 0.463. The molecule has 0 saturated carbocycles. The topological polar surface area (TPSA) is 62.4 Å². The molecule has 5 nitrogen and oxygen atoms in total. The van der Waals surface area contributed by atoms with Crippen molar-refractivity contribution in [3.05, 3.63) is 0 Å². The normalized spacial score (nSPS) is 16.7. The maximum atomic E-state index is 11.3. The molecule has 1 rings (SSSR count). The summed E-state index contributed by atoms with van der Waals surface area (Å²) >= 11 is 0. The van der Waals surface area contributed by atoms with Crippen LogP contribution in [0.15, 0.2) is 0 Å². The van der Waals surface area contributed by atoms with Crippen LogP contribution in [0.25, 0.3) is 0 Å². The van der Waals surface area contributed by atoms with Crippen LogP contribution in [0.1, 0.15) is 27.2 Å². The predicted molar refractivity (Wildman–Crippen MR) is 63.5 cm³/mol. The molecule has 0 bridgehead atoms. The molecule has 16 heavy (non-hydrogen) atoms. The van der Waals surface area contributed by atoms with Crippen molar-refractivity contribution in [3.63, 3.8) is 0 Å². The Bertz CT molecular complexity index is 222. The Labute approximate surface area is 97.3 Å². The van der Waals surface area contributed by atoms with Crippen LogP contribution in [-0.4, -0.2) is 43.9 Å². The molecule has 1 amide bonds. The van der Waals surface area contributed by atoms with Gasteiger partial charge in [0.1, 0.15) is 5.60 Å². The zero-order valence-corrected chi connectivity index (χ0v) is 10.4. The number of alkyl carbamates (subject to hydrolysis) is 1. The molecule has 94 valence electrons. The highest BCUT2D eigenvalue weighted by molar-refractivity contribution is 5.67. The SMILES string of the molecule is CC(C)(C)OC(=O)NCCCNC1CNC1. The van der Waals surface area contributed by atoms with Gasteiger partial charge in [-0.25, -0.2) is 4.79 Å². The summed E-state index contributed by atoms with van der Waals surface area (Å²) < 4.78 is 5.12. The van der Waals surface area contributed by atoms with E-state index in [1.165, 1.54) is 0 Å². The number of amides is 1. The van der Waals surface area contributed by atoms with E-state index in [9.17, 15) is 4.79 Å². The number of carbonyl (C=O) groups is 1. The quantitative estimate of drug-likeness (QED) is 0.599. The molecule has 0 spiro atoms. The number of rotatable bonds is 5. The summed E-state index contributed by atoms with van der Waals surface area (Å²) in [7, 11) is 0. The summed E-state index contributed by atoms with van der Waals surface area (Å²) in [6.45, 7) is 9.27. The van der Waals surface area contributed by atoms with Crippen LogP contribution in [0.3, 0.4) is 0 Å². The van der Waals surface area contributed by atoms with Crippen LogP contribution in [0.5, 0.6) is 0 Å². The van der Waals surface area contributed by atoms with Crippen LogP contribution in [-0.2, 0) is 4.74 Å². The third-order valence-corrected chi connectivity index (χ3v) is 2.24. The molecule has 0 radical (unpaired) electrons. The molecule has 0 unspecified atom stereocenters. The summed E-state index contributed by atoms with van der Waals surface area (Å²) in [5.74, 6) is 0. The second-order valence-corrected chi connectivity index (χ2v) is 5.09. The maximum absolute atomic E-state index is 11.3. The maximum Gasteiger partial charge on any atom is 0.407 e. The molecule has 0 aliphatic carbocycles. The third kappa shape index (κ3) is 5.92. The van der Waals surface area contributed by atoms with Gasteiger partial charge in [-0.1, -0.05) is 0 Å². The summed E-state index contributed by atoms with van der Waals surface area (Å²) in [6.07, 6.45) is 0.591. The summed E-state index contributed by atoms with van der Waals surface area (Å²) in [4.78, 5) is 11.3. The van der Waals surface area contributed by atoms with E-state index in [1.54, 1.807) is 0 Å². The first-order valence-electron chi connectivity index (χ1n) is 5.88. The Morgan fingerprint density at radius 3 is 2.56 bits per heavy atom. The highest BCUT2D eigenvalue weighted by Crippen LogP contribution is 2.06. The standard InChI is InChI=1S/C11H23N3O2/c1-11(2,3)16-10(15)14-6-4-5-13-9-7-12-8-9/h9,12-13H,4-8H2,1-3H3,(H,14,15). The molecule has 5 heteroatoms. The second kappa shape index (κ2) is 6.06. The van der Waals surface area contributed by atoms with Crippen LogP contribution >= 0.6 is 0 Å². The third-order valence-electron chi connectivity index (χ3n) is 2.24. The Balaban J connectivity index is 1.91. The van der Waals surface area contributed by atoms with E-state index in [-0.39, 0.29) is 6.09 Å². The van der Waals surface area contributed by atoms with Crippen molar-refractivity contribution in [2.24, 2.45) is 0 Å². The van der Waals surface area contributed by atoms with Crippen molar-refractivity contribution in [1.82, 2.24) is 16.0 Å². The summed E-state index contributed by atoms with van der Waals surface area (Å²) in [5, 5.41) is 9.31. The second-order valence-electron chi connectivity index (χ2n) is 5.09. The number of nitrogens with one attached hydrogen (secondary N) is 3. The first-order valence-corrected chi connectivity index (χ1v) is 5.88.